The molecule has 1 aromatic carbocycles. The lowest BCUT2D eigenvalue weighted by molar-refractivity contribution is 0.172. The molecule has 2 aromatic rings. The quantitative estimate of drug-likeness (QED) is 0.614. The van der Waals surface area contributed by atoms with Gasteiger partial charge in [-0.25, -0.2) is 0 Å². The van der Waals surface area contributed by atoms with Crippen LogP contribution in [0.15, 0.2) is 46.8 Å². The summed E-state index contributed by atoms with van der Waals surface area (Å²) in [6.45, 7) is 4.09. The van der Waals surface area contributed by atoms with E-state index in [0.29, 0.717) is 11.9 Å². The molecule has 0 saturated carbocycles. The maximum Gasteiger partial charge on any atom is 0.193 e. The molecule has 1 fully saturated rings. The fourth-order valence-electron chi connectivity index (χ4n) is 3.18. The van der Waals surface area contributed by atoms with E-state index in [1.165, 1.54) is 24.3 Å². The summed E-state index contributed by atoms with van der Waals surface area (Å²) in [5.41, 5.74) is 6.94. The van der Waals surface area contributed by atoms with Crippen molar-refractivity contribution >= 4 is 23.0 Å². The fraction of sp³-hybridized carbons (Fsp3) is 0.421. The van der Waals surface area contributed by atoms with Crippen LogP contribution in [0.3, 0.4) is 0 Å². The van der Waals surface area contributed by atoms with Crippen molar-refractivity contribution in [2.45, 2.75) is 19.4 Å². The summed E-state index contributed by atoms with van der Waals surface area (Å²) < 4.78 is 5.22. The number of methoxy groups -OCH3 is 1. The molecule has 25 heavy (non-hydrogen) atoms. The molecule has 1 aromatic heterocycles. The van der Waals surface area contributed by atoms with Crippen molar-refractivity contribution in [3.8, 4) is 5.75 Å². The summed E-state index contributed by atoms with van der Waals surface area (Å²) in [7, 11) is 1.65. The van der Waals surface area contributed by atoms with Crippen LogP contribution in [0.1, 0.15) is 17.7 Å². The number of piperidine rings is 1. The van der Waals surface area contributed by atoms with E-state index in [0.717, 1.165) is 31.1 Å². The van der Waals surface area contributed by atoms with E-state index in [-0.39, 0.29) is 0 Å². The van der Waals surface area contributed by atoms with Gasteiger partial charge < -0.3 is 15.8 Å². The van der Waals surface area contributed by atoms with Gasteiger partial charge in [-0.3, -0.25) is 9.89 Å². The first-order valence-corrected chi connectivity index (χ1v) is 9.56. The Kier molecular flexibility index (Phi) is 6.30. The summed E-state index contributed by atoms with van der Waals surface area (Å²) in [4.78, 5) is 8.51. The van der Waals surface area contributed by atoms with Crippen molar-refractivity contribution in [1.29, 1.82) is 0 Å². The largest absolute Gasteiger partial charge is 0.497 e. The summed E-state index contributed by atoms with van der Waals surface area (Å²) in [5.74, 6) is 1.83. The lowest BCUT2D eigenvalue weighted by Gasteiger charge is -2.31. The van der Waals surface area contributed by atoms with E-state index in [2.05, 4.69) is 32.7 Å². The molecule has 3 N–H and O–H groups in total. The normalized spacial score (nSPS) is 18.9. The zero-order chi connectivity index (χ0) is 17.5. The topological polar surface area (TPSA) is 62.9 Å². The maximum absolute atomic E-state index is 6.04. The van der Waals surface area contributed by atoms with Gasteiger partial charge in [0, 0.05) is 36.3 Å². The second-order valence-corrected chi connectivity index (χ2v) is 7.44. The van der Waals surface area contributed by atoms with Gasteiger partial charge in [-0.1, -0.05) is 12.1 Å². The molecule has 0 radical (unpaired) electrons. The van der Waals surface area contributed by atoms with Crippen molar-refractivity contribution in [3.63, 3.8) is 0 Å². The number of nitrogens with zero attached hydrogens (tertiary/aromatic N) is 2. The van der Waals surface area contributed by atoms with Gasteiger partial charge in [-0.2, -0.15) is 0 Å². The van der Waals surface area contributed by atoms with Crippen LogP contribution in [0.2, 0.25) is 0 Å². The van der Waals surface area contributed by atoms with E-state index in [1.54, 1.807) is 7.11 Å². The third kappa shape index (κ3) is 5.47. The molecule has 1 saturated heterocycles. The molecular formula is C19H26N4OS. The minimum atomic E-state index is 0.462. The number of nitrogens with one attached hydrogen (secondary N) is 1. The summed E-state index contributed by atoms with van der Waals surface area (Å²) in [6, 6.07) is 12.0. The van der Waals surface area contributed by atoms with Crippen molar-refractivity contribution in [3.05, 3.63) is 46.7 Å². The molecule has 0 bridgehead atoms. The maximum atomic E-state index is 6.04. The van der Waals surface area contributed by atoms with Gasteiger partial charge in [-0.05, 0) is 48.9 Å². The molecule has 2 heterocycles. The Balaban J connectivity index is 1.49. The third-order valence-electron chi connectivity index (χ3n) is 4.42. The Morgan fingerprint density at radius 3 is 3.12 bits per heavy atom. The van der Waals surface area contributed by atoms with Crippen LogP contribution in [0.5, 0.6) is 5.75 Å². The number of aliphatic imine (C=N–C) groups is 1. The highest BCUT2D eigenvalue weighted by Gasteiger charge is 2.20. The molecule has 0 amide bonds. The van der Waals surface area contributed by atoms with Crippen LogP contribution in [-0.2, 0) is 6.54 Å². The zero-order valence-corrected chi connectivity index (χ0v) is 15.5. The average molecular weight is 359 g/mol. The molecule has 5 nitrogen and oxygen atoms in total. The van der Waals surface area contributed by atoms with Gasteiger partial charge in [0.1, 0.15) is 5.75 Å². The number of thiophene rings is 1. The Bertz CT molecular complexity index is 686. The zero-order valence-electron chi connectivity index (χ0n) is 14.6. The molecule has 3 rings (SSSR count). The summed E-state index contributed by atoms with van der Waals surface area (Å²) in [5, 5.41) is 5.28. The van der Waals surface area contributed by atoms with E-state index in [9.17, 15) is 0 Å². The molecule has 1 aliphatic heterocycles. The van der Waals surface area contributed by atoms with Crippen molar-refractivity contribution < 1.29 is 4.74 Å². The SMILES string of the molecule is COc1cccc(NC(N)=NCC2CCCN(Cc3cccs3)C2)c1. The molecule has 134 valence electrons. The minimum Gasteiger partial charge on any atom is -0.497 e. The number of rotatable bonds is 6. The lowest BCUT2D eigenvalue weighted by Crippen LogP contribution is -2.36. The number of nitrogens with two attached hydrogens (primary N) is 1. The van der Waals surface area contributed by atoms with Crippen LogP contribution in [-0.4, -0.2) is 37.6 Å². The van der Waals surface area contributed by atoms with Crippen LogP contribution in [0.25, 0.3) is 0 Å². The molecule has 0 aliphatic carbocycles. The number of likely N-dealkylation sites (tertiary alicyclic amines) is 1. The van der Waals surface area contributed by atoms with Crippen LogP contribution in [0, 0.1) is 5.92 Å². The number of ether oxygens (including phenoxy) is 1. The number of anilines is 1. The first-order valence-electron chi connectivity index (χ1n) is 8.68. The predicted molar refractivity (Wildman–Crippen MR) is 105 cm³/mol. The number of guanidine groups is 1. The first kappa shape index (κ1) is 17.8. The first-order chi connectivity index (χ1) is 12.2. The van der Waals surface area contributed by atoms with Gasteiger partial charge in [-0.15, -0.1) is 11.3 Å². The Morgan fingerprint density at radius 2 is 2.32 bits per heavy atom. The average Bonchev–Trinajstić information content (AvgIpc) is 3.13. The second kappa shape index (κ2) is 8.87. The number of hydrogen-bond acceptors (Lipinski definition) is 4. The van der Waals surface area contributed by atoms with Gasteiger partial charge in [0.15, 0.2) is 5.96 Å². The van der Waals surface area contributed by atoms with Crippen LogP contribution in [0.4, 0.5) is 5.69 Å². The van der Waals surface area contributed by atoms with Gasteiger partial charge in [0.2, 0.25) is 0 Å². The minimum absolute atomic E-state index is 0.462. The molecular weight excluding hydrogens is 332 g/mol. The van der Waals surface area contributed by atoms with Gasteiger partial charge in [0.05, 0.1) is 7.11 Å². The highest BCUT2D eigenvalue weighted by Crippen LogP contribution is 2.21. The Morgan fingerprint density at radius 1 is 1.40 bits per heavy atom. The number of hydrogen-bond donors (Lipinski definition) is 2. The van der Waals surface area contributed by atoms with E-state index in [1.807, 2.05) is 35.6 Å². The molecule has 1 unspecified atom stereocenters. The lowest BCUT2D eigenvalue weighted by atomic mass is 9.98. The smallest absolute Gasteiger partial charge is 0.193 e. The van der Waals surface area contributed by atoms with E-state index in [4.69, 9.17) is 10.5 Å². The molecule has 1 aliphatic rings. The molecule has 1 atom stereocenters. The Hall–Kier alpha value is -2.05. The predicted octanol–water partition coefficient (Wildman–Crippen LogP) is 3.40. The van der Waals surface area contributed by atoms with Crippen molar-refractivity contribution in [2.24, 2.45) is 16.6 Å². The second-order valence-electron chi connectivity index (χ2n) is 6.41. The monoisotopic (exact) mass is 358 g/mol. The molecule has 6 heteroatoms. The Labute approximate surface area is 153 Å². The van der Waals surface area contributed by atoms with Crippen LogP contribution >= 0.6 is 11.3 Å². The number of benzene rings is 1. The van der Waals surface area contributed by atoms with E-state index < -0.39 is 0 Å². The standard InChI is InChI=1S/C19H26N4OS/c1-24-17-7-2-6-16(11-17)22-19(20)21-12-15-5-3-9-23(13-15)14-18-8-4-10-25-18/h2,4,6-8,10-11,15H,3,5,9,12-14H2,1H3,(H3,20,21,22). The highest BCUT2D eigenvalue weighted by molar-refractivity contribution is 7.09. The van der Waals surface area contributed by atoms with Crippen molar-refractivity contribution in [1.82, 2.24) is 4.90 Å². The third-order valence-corrected chi connectivity index (χ3v) is 5.29. The fourth-order valence-corrected chi connectivity index (χ4v) is 3.93. The molecule has 0 spiro atoms. The summed E-state index contributed by atoms with van der Waals surface area (Å²) in [6.07, 6.45) is 2.45. The van der Waals surface area contributed by atoms with Crippen LogP contribution < -0.4 is 15.8 Å². The highest BCUT2D eigenvalue weighted by atomic mass is 32.1. The van der Waals surface area contributed by atoms with Gasteiger partial charge in [0.25, 0.3) is 0 Å². The summed E-state index contributed by atoms with van der Waals surface area (Å²) >= 11 is 1.83. The van der Waals surface area contributed by atoms with Crippen molar-refractivity contribution in [2.75, 3.05) is 32.1 Å². The van der Waals surface area contributed by atoms with Gasteiger partial charge >= 0.3 is 0 Å². The van der Waals surface area contributed by atoms with E-state index >= 15 is 0 Å².